The van der Waals surface area contributed by atoms with E-state index in [2.05, 4.69) is 10.3 Å². The van der Waals surface area contributed by atoms with Gasteiger partial charge in [0.15, 0.2) is 0 Å². The second-order valence-electron chi connectivity index (χ2n) is 6.39. The molecule has 1 fully saturated rings. The summed E-state index contributed by atoms with van der Waals surface area (Å²) in [6.45, 7) is 5.03. The molecule has 0 atom stereocenters. The van der Waals surface area contributed by atoms with Crippen LogP contribution in [-0.2, 0) is 4.79 Å². The normalized spacial score (nSPS) is 14.4. The molecule has 1 aromatic heterocycles. The molecule has 124 valence electrons. The molecular formula is C19H21N3O2. The molecule has 0 saturated carbocycles. The number of benzene rings is 1. The third kappa shape index (κ3) is 3.45. The van der Waals surface area contributed by atoms with E-state index < -0.39 is 0 Å². The van der Waals surface area contributed by atoms with Gasteiger partial charge in [0.1, 0.15) is 0 Å². The molecule has 1 N–H and O–H groups in total. The summed E-state index contributed by atoms with van der Waals surface area (Å²) in [6.07, 6.45) is 1.78. The molecule has 5 heteroatoms. The predicted octanol–water partition coefficient (Wildman–Crippen LogP) is 2.92. The molecule has 0 aliphatic carbocycles. The number of rotatable bonds is 4. The maximum Gasteiger partial charge on any atom is 0.253 e. The van der Waals surface area contributed by atoms with Gasteiger partial charge in [0.05, 0.1) is 0 Å². The van der Waals surface area contributed by atoms with Crippen molar-refractivity contribution in [2.45, 2.75) is 19.8 Å². The Bertz CT molecular complexity index is 737. The first kappa shape index (κ1) is 16.2. The van der Waals surface area contributed by atoms with Gasteiger partial charge < -0.3 is 10.2 Å². The number of pyridine rings is 1. The Kier molecular flexibility index (Phi) is 4.60. The number of carbonyl (C=O) groups excluding carboxylic acids is 2. The van der Waals surface area contributed by atoms with Gasteiger partial charge in [-0.25, -0.2) is 0 Å². The molecule has 0 spiro atoms. The van der Waals surface area contributed by atoms with Crippen molar-refractivity contribution in [3.63, 3.8) is 0 Å². The molecule has 2 amide bonds. The number of likely N-dealkylation sites (tertiary alicyclic amines) is 1. The number of carbonyl (C=O) groups is 2. The fourth-order valence-electron chi connectivity index (χ4n) is 2.65. The SMILES string of the molecule is CC(C)C(=O)Nc1cccc(C(=O)N2CC(c3ccccn3)C2)c1. The molecule has 2 aromatic rings. The van der Waals surface area contributed by atoms with Gasteiger partial charge in [-0.15, -0.1) is 0 Å². The van der Waals surface area contributed by atoms with E-state index in [1.165, 1.54) is 0 Å². The third-order valence-corrected chi connectivity index (χ3v) is 4.18. The van der Waals surface area contributed by atoms with Crippen molar-refractivity contribution in [3.05, 3.63) is 59.9 Å². The number of hydrogen-bond donors (Lipinski definition) is 1. The highest BCUT2D eigenvalue weighted by molar-refractivity contribution is 5.98. The zero-order valence-electron chi connectivity index (χ0n) is 13.9. The lowest BCUT2D eigenvalue weighted by Gasteiger charge is -2.39. The molecule has 0 bridgehead atoms. The molecule has 0 unspecified atom stereocenters. The number of nitrogens with zero attached hydrogens (tertiary/aromatic N) is 2. The van der Waals surface area contributed by atoms with E-state index in [4.69, 9.17) is 0 Å². The van der Waals surface area contributed by atoms with Gasteiger partial charge in [-0.1, -0.05) is 26.0 Å². The number of anilines is 1. The minimum atomic E-state index is -0.0983. The summed E-state index contributed by atoms with van der Waals surface area (Å²) in [5.41, 5.74) is 2.27. The minimum Gasteiger partial charge on any atom is -0.337 e. The average Bonchev–Trinajstić information content (AvgIpc) is 2.54. The smallest absolute Gasteiger partial charge is 0.253 e. The topological polar surface area (TPSA) is 62.3 Å². The fraction of sp³-hybridized carbons (Fsp3) is 0.316. The second kappa shape index (κ2) is 6.83. The van der Waals surface area contributed by atoms with Gasteiger partial charge in [0.2, 0.25) is 5.91 Å². The highest BCUT2D eigenvalue weighted by Gasteiger charge is 2.33. The lowest BCUT2D eigenvalue weighted by atomic mass is 9.94. The molecule has 2 heterocycles. The van der Waals surface area contributed by atoms with Crippen molar-refractivity contribution in [1.29, 1.82) is 0 Å². The Labute approximate surface area is 141 Å². The highest BCUT2D eigenvalue weighted by Crippen LogP contribution is 2.27. The van der Waals surface area contributed by atoms with E-state index in [9.17, 15) is 9.59 Å². The van der Waals surface area contributed by atoms with Gasteiger partial charge in [0, 0.05) is 48.1 Å². The predicted molar refractivity (Wildman–Crippen MR) is 92.8 cm³/mol. The minimum absolute atomic E-state index is 0.0113. The van der Waals surface area contributed by atoms with Gasteiger partial charge >= 0.3 is 0 Å². The first-order valence-corrected chi connectivity index (χ1v) is 8.15. The summed E-state index contributed by atoms with van der Waals surface area (Å²) in [5, 5.41) is 2.83. The molecule has 1 aromatic carbocycles. The summed E-state index contributed by atoms with van der Waals surface area (Å²) in [6, 6.07) is 12.9. The Hall–Kier alpha value is -2.69. The Morgan fingerprint density at radius 3 is 2.62 bits per heavy atom. The van der Waals surface area contributed by atoms with E-state index in [0.717, 1.165) is 5.69 Å². The van der Waals surface area contributed by atoms with Crippen molar-refractivity contribution in [1.82, 2.24) is 9.88 Å². The summed E-state index contributed by atoms with van der Waals surface area (Å²) < 4.78 is 0. The molecule has 0 radical (unpaired) electrons. The lowest BCUT2D eigenvalue weighted by Crippen LogP contribution is -2.48. The van der Waals surface area contributed by atoms with E-state index in [1.807, 2.05) is 36.9 Å². The van der Waals surface area contributed by atoms with Crippen LogP contribution in [0, 0.1) is 5.92 Å². The van der Waals surface area contributed by atoms with Gasteiger partial charge in [-0.2, -0.15) is 0 Å². The van der Waals surface area contributed by atoms with Crippen LogP contribution in [0.25, 0.3) is 0 Å². The fourth-order valence-corrected chi connectivity index (χ4v) is 2.65. The zero-order valence-corrected chi connectivity index (χ0v) is 13.9. The summed E-state index contributed by atoms with van der Waals surface area (Å²) in [7, 11) is 0. The maximum absolute atomic E-state index is 12.6. The Morgan fingerprint density at radius 1 is 1.17 bits per heavy atom. The van der Waals surface area contributed by atoms with E-state index in [-0.39, 0.29) is 17.7 Å². The van der Waals surface area contributed by atoms with Crippen LogP contribution in [0.15, 0.2) is 48.7 Å². The first-order chi connectivity index (χ1) is 11.5. The molecule has 3 rings (SSSR count). The summed E-state index contributed by atoms with van der Waals surface area (Å²) in [5.74, 6) is 0.138. The first-order valence-electron chi connectivity index (χ1n) is 8.15. The molecule has 1 saturated heterocycles. The Balaban J connectivity index is 1.63. The van der Waals surface area contributed by atoms with Crippen LogP contribution in [0.2, 0.25) is 0 Å². The number of hydrogen-bond acceptors (Lipinski definition) is 3. The van der Waals surface area contributed by atoms with Crippen molar-refractivity contribution in [2.24, 2.45) is 5.92 Å². The van der Waals surface area contributed by atoms with Crippen LogP contribution in [0.5, 0.6) is 0 Å². The van der Waals surface area contributed by atoms with Crippen molar-refractivity contribution < 1.29 is 9.59 Å². The largest absolute Gasteiger partial charge is 0.337 e. The molecule has 5 nitrogen and oxygen atoms in total. The summed E-state index contributed by atoms with van der Waals surface area (Å²) in [4.78, 5) is 30.5. The molecule has 24 heavy (non-hydrogen) atoms. The summed E-state index contributed by atoms with van der Waals surface area (Å²) >= 11 is 0. The van der Waals surface area contributed by atoms with Crippen LogP contribution in [0.3, 0.4) is 0 Å². The number of nitrogens with one attached hydrogen (secondary N) is 1. The van der Waals surface area contributed by atoms with Crippen LogP contribution in [0.1, 0.15) is 35.8 Å². The van der Waals surface area contributed by atoms with Gasteiger partial charge in [0.25, 0.3) is 5.91 Å². The monoisotopic (exact) mass is 323 g/mol. The van der Waals surface area contributed by atoms with Crippen LogP contribution < -0.4 is 5.32 Å². The molecular weight excluding hydrogens is 302 g/mol. The van der Waals surface area contributed by atoms with E-state index in [0.29, 0.717) is 30.3 Å². The zero-order chi connectivity index (χ0) is 17.1. The maximum atomic E-state index is 12.6. The number of amides is 2. The average molecular weight is 323 g/mol. The lowest BCUT2D eigenvalue weighted by molar-refractivity contribution is -0.118. The van der Waals surface area contributed by atoms with Crippen LogP contribution in [0.4, 0.5) is 5.69 Å². The second-order valence-corrected chi connectivity index (χ2v) is 6.39. The van der Waals surface area contributed by atoms with Crippen molar-refractivity contribution >= 4 is 17.5 Å². The van der Waals surface area contributed by atoms with Crippen molar-refractivity contribution in [2.75, 3.05) is 18.4 Å². The van der Waals surface area contributed by atoms with Crippen molar-refractivity contribution in [3.8, 4) is 0 Å². The van der Waals surface area contributed by atoms with Gasteiger partial charge in [-0.3, -0.25) is 14.6 Å². The quantitative estimate of drug-likeness (QED) is 0.941. The molecule has 1 aliphatic heterocycles. The third-order valence-electron chi connectivity index (χ3n) is 4.18. The van der Waals surface area contributed by atoms with E-state index >= 15 is 0 Å². The van der Waals surface area contributed by atoms with Crippen LogP contribution in [-0.4, -0.2) is 34.8 Å². The highest BCUT2D eigenvalue weighted by atomic mass is 16.2. The van der Waals surface area contributed by atoms with Crippen LogP contribution >= 0.6 is 0 Å². The number of aromatic nitrogens is 1. The standard InChI is InChI=1S/C19H21N3O2/c1-13(2)18(23)21-16-7-5-6-14(10-16)19(24)22-11-15(12-22)17-8-3-4-9-20-17/h3-10,13,15H,11-12H2,1-2H3,(H,21,23). The Morgan fingerprint density at radius 2 is 1.96 bits per heavy atom. The molecule has 1 aliphatic rings. The van der Waals surface area contributed by atoms with E-state index in [1.54, 1.807) is 30.5 Å². The van der Waals surface area contributed by atoms with Gasteiger partial charge in [-0.05, 0) is 30.3 Å².